The molecule has 0 fully saturated rings. The minimum Gasteiger partial charge on any atom is -0.392 e. The second-order valence-corrected chi connectivity index (χ2v) is 4.98. The van der Waals surface area contributed by atoms with Gasteiger partial charge < -0.3 is 5.11 Å². The topological polar surface area (TPSA) is 61.4 Å². The van der Waals surface area contributed by atoms with Crippen LogP contribution < -0.4 is 10.9 Å². The average Bonchev–Trinajstić information content (AvgIpc) is 2.32. The van der Waals surface area contributed by atoms with E-state index in [1.54, 1.807) is 0 Å². The molecule has 0 rings (SSSR count). The molecule has 0 spiro atoms. The van der Waals surface area contributed by atoms with Crippen LogP contribution in [0.15, 0.2) is 0 Å². The zero-order valence-electron chi connectivity index (χ0n) is 12.0. The maximum atomic E-state index is 10.6. The second kappa shape index (κ2) is 12.8. The van der Waals surface area contributed by atoms with Crippen LogP contribution in [-0.4, -0.2) is 23.7 Å². The highest BCUT2D eigenvalue weighted by Crippen LogP contribution is 2.10. The summed E-state index contributed by atoms with van der Waals surface area (Å²) in [6, 6.07) is 0. The Morgan fingerprint density at radius 2 is 1.61 bits per heavy atom. The van der Waals surface area contributed by atoms with Crippen molar-refractivity contribution in [1.82, 2.24) is 10.9 Å². The van der Waals surface area contributed by atoms with E-state index in [2.05, 4.69) is 17.8 Å². The van der Waals surface area contributed by atoms with E-state index in [-0.39, 0.29) is 12.0 Å². The summed E-state index contributed by atoms with van der Waals surface area (Å²) in [6.45, 7) is 4.10. The van der Waals surface area contributed by atoms with Crippen LogP contribution in [0.3, 0.4) is 0 Å². The quantitative estimate of drug-likeness (QED) is 0.372. The van der Waals surface area contributed by atoms with Crippen LogP contribution in [0.4, 0.5) is 0 Å². The molecule has 0 heterocycles. The summed E-state index contributed by atoms with van der Waals surface area (Å²) < 4.78 is 0. The Hall–Kier alpha value is -0.610. The van der Waals surface area contributed by atoms with Crippen LogP contribution in [0.5, 0.6) is 0 Å². The summed E-state index contributed by atoms with van der Waals surface area (Å²) >= 11 is 0. The minimum absolute atomic E-state index is 0.130. The average molecular weight is 258 g/mol. The van der Waals surface area contributed by atoms with Crippen molar-refractivity contribution in [3.8, 4) is 0 Å². The van der Waals surface area contributed by atoms with Crippen molar-refractivity contribution >= 4 is 5.91 Å². The lowest BCUT2D eigenvalue weighted by molar-refractivity contribution is -0.120. The molecule has 0 bridgehead atoms. The van der Waals surface area contributed by atoms with E-state index < -0.39 is 0 Å². The normalized spacial score (nSPS) is 12.4. The van der Waals surface area contributed by atoms with E-state index in [1.165, 1.54) is 51.9 Å². The fraction of sp³-hybridized carbons (Fsp3) is 0.929. The first-order valence-corrected chi connectivity index (χ1v) is 7.34. The van der Waals surface area contributed by atoms with Crippen molar-refractivity contribution in [2.75, 3.05) is 6.54 Å². The molecular formula is C14H30N2O2. The number of hydrogen-bond acceptors (Lipinski definition) is 3. The van der Waals surface area contributed by atoms with E-state index in [9.17, 15) is 9.90 Å². The number of aliphatic hydroxyl groups is 1. The lowest BCUT2D eigenvalue weighted by Crippen LogP contribution is -2.40. The highest BCUT2D eigenvalue weighted by atomic mass is 16.3. The molecule has 0 aromatic heterocycles. The first kappa shape index (κ1) is 17.4. The van der Waals surface area contributed by atoms with Crippen molar-refractivity contribution in [2.24, 2.45) is 0 Å². The van der Waals surface area contributed by atoms with Gasteiger partial charge in [0.1, 0.15) is 0 Å². The molecule has 0 aliphatic heterocycles. The van der Waals surface area contributed by atoms with Crippen LogP contribution in [0, 0.1) is 0 Å². The van der Waals surface area contributed by atoms with Crippen molar-refractivity contribution in [2.45, 2.75) is 77.7 Å². The van der Waals surface area contributed by atoms with Gasteiger partial charge in [0.2, 0.25) is 5.91 Å². The molecule has 0 aromatic carbocycles. The molecule has 1 amide bonds. The van der Waals surface area contributed by atoms with Gasteiger partial charge in [-0.1, -0.05) is 58.3 Å². The molecule has 18 heavy (non-hydrogen) atoms. The molecule has 1 unspecified atom stereocenters. The van der Waals surface area contributed by atoms with E-state index in [4.69, 9.17) is 0 Å². The Balaban J connectivity index is 3.15. The largest absolute Gasteiger partial charge is 0.392 e. The summed E-state index contributed by atoms with van der Waals surface area (Å²) in [6.07, 6.45) is 10.7. The third-order valence-electron chi connectivity index (χ3n) is 2.99. The predicted molar refractivity (Wildman–Crippen MR) is 75.1 cm³/mol. The monoisotopic (exact) mass is 258 g/mol. The number of carbonyl (C=O) groups is 1. The molecule has 108 valence electrons. The summed E-state index contributed by atoms with van der Waals surface area (Å²) in [5, 5.41) is 9.62. The smallest absolute Gasteiger partial charge is 0.230 e. The number of nitrogens with one attached hydrogen (secondary N) is 2. The third-order valence-corrected chi connectivity index (χ3v) is 2.99. The van der Waals surface area contributed by atoms with Gasteiger partial charge in [-0.3, -0.25) is 10.2 Å². The Kier molecular flexibility index (Phi) is 12.4. The van der Waals surface area contributed by atoms with Crippen molar-refractivity contribution in [3.05, 3.63) is 0 Å². The molecule has 0 aromatic rings. The predicted octanol–water partition coefficient (Wildman–Crippen LogP) is 2.52. The van der Waals surface area contributed by atoms with E-state index in [0.29, 0.717) is 6.54 Å². The van der Waals surface area contributed by atoms with Crippen molar-refractivity contribution < 1.29 is 9.90 Å². The van der Waals surface area contributed by atoms with E-state index >= 15 is 0 Å². The molecule has 4 nitrogen and oxygen atoms in total. The highest BCUT2D eigenvalue weighted by molar-refractivity contribution is 5.72. The molecule has 1 atom stereocenters. The Morgan fingerprint density at radius 3 is 2.17 bits per heavy atom. The maximum Gasteiger partial charge on any atom is 0.230 e. The van der Waals surface area contributed by atoms with Gasteiger partial charge >= 0.3 is 0 Å². The van der Waals surface area contributed by atoms with Gasteiger partial charge in [-0.2, -0.15) is 0 Å². The van der Waals surface area contributed by atoms with Crippen molar-refractivity contribution in [3.63, 3.8) is 0 Å². The standard InChI is InChI=1S/C14H30N2O2/c1-3-4-5-6-7-8-9-10-11-14(18)12-15-16-13(2)17/h14-15,18H,3-12H2,1-2H3,(H,16,17). The second-order valence-electron chi connectivity index (χ2n) is 4.98. The number of aliphatic hydroxyl groups excluding tert-OH is 1. The Labute approximate surface area is 112 Å². The van der Waals surface area contributed by atoms with Gasteiger partial charge in [0.25, 0.3) is 0 Å². The SMILES string of the molecule is CCCCCCCCCCC(O)CNNC(C)=O. The van der Waals surface area contributed by atoms with Gasteiger partial charge in [0.05, 0.1) is 6.10 Å². The first-order chi connectivity index (χ1) is 8.66. The fourth-order valence-corrected chi connectivity index (χ4v) is 1.91. The van der Waals surface area contributed by atoms with Gasteiger partial charge in [-0.25, -0.2) is 5.43 Å². The fourth-order valence-electron chi connectivity index (χ4n) is 1.91. The van der Waals surface area contributed by atoms with Crippen LogP contribution in [-0.2, 0) is 4.79 Å². The maximum absolute atomic E-state index is 10.6. The van der Waals surface area contributed by atoms with E-state index in [1.807, 2.05) is 0 Å². The lowest BCUT2D eigenvalue weighted by Gasteiger charge is -2.11. The molecule has 0 radical (unpaired) electrons. The first-order valence-electron chi connectivity index (χ1n) is 7.34. The lowest BCUT2D eigenvalue weighted by atomic mass is 10.1. The van der Waals surface area contributed by atoms with Gasteiger partial charge in [-0.05, 0) is 6.42 Å². The number of amides is 1. The number of carbonyl (C=O) groups excluding carboxylic acids is 1. The number of rotatable bonds is 12. The number of hydrogen-bond donors (Lipinski definition) is 3. The molecule has 0 aliphatic carbocycles. The van der Waals surface area contributed by atoms with Crippen molar-refractivity contribution in [1.29, 1.82) is 0 Å². The summed E-state index contributed by atoms with van der Waals surface area (Å²) in [5.41, 5.74) is 5.17. The third kappa shape index (κ3) is 13.5. The molecule has 3 N–H and O–H groups in total. The van der Waals surface area contributed by atoms with Gasteiger partial charge in [-0.15, -0.1) is 0 Å². The molecule has 0 saturated heterocycles. The van der Waals surface area contributed by atoms with Crippen LogP contribution in [0.25, 0.3) is 0 Å². The number of hydrazine groups is 1. The summed E-state index contributed by atoms with van der Waals surface area (Å²) in [7, 11) is 0. The zero-order valence-corrected chi connectivity index (χ0v) is 12.0. The summed E-state index contributed by atoms with van der Waals surface area (Å²) in [5.74, 6) is -0.130. The Bertz CT molecular complexity index is 198. The minimum atomic E-state index is -0.364. The highest BCUT2D eigenvalue weighted by Gasteiger charge is 2.03. The zero-order chi connectivity index (χ0) is 13.6. The number of unbranched alkanes of at least 4 members (excludes halogenated alkanes) is 7. The molecule has 4 heteroatoms. The molecule has 0 aliphatic rings. The molecule has 0 saturated carbocycles. The van der Waals surface area contributed by atoms with Crippen LogP contribution >= 0.6 is 0 Å². The van der Waals surface area contributed by atoms with Gasteiger partial charge in [0.15, 0.2) is 0 Å². The Morgan fingerprint density at radius 1 is 1.06 bits per heavy atom. The summed E-state index contributed by atoms with van der Waals surface area (Å²) in [4.78, 5) is 10.6. The van der Waals surface area contributed by atoms with Crippen LogP contribution in [0.2, 0.25) is 0 Å². The van der Waals surface area contributed by atoms with E-state index in [0.717, 1.165) is 12.8 Å². The molecular weight excluding hydrogens is 228 g/mol. The van der Waals surface area contributed by atoms with Crippen LogP contribution in [0.1, 0.15) is 71.6 Å². The van der Waals surface area contributed by atoms with Gasteiger partial charge in [0, 0.05) is 13.5 Å².